The van der Waals surface area contributed by atoms with E-state index in [1.807, 2.05) is 24.3 Å². The molecule has 0 heterocycles. The Balaban J connectivity index is 2.16. The van der Waals surface area contributed by atoms with Gasteiger partial charge in [-0.05, 0) is 29.8 Å². The second kappa shape index (κ2) is 5.52. The van der Waals surface area contributed by atoms with Crippen LogP contribution < -0.4 is 4.74 Å². The van der Waals surface area contributed by atoms with E-state index >= 15 is 0 Å². The van der Waals surface area contributed by atoms with Crippen LogP contribution in [0.3, 0.4) is 0 Å². The first kappa shape index (κ1) is 12.4. The Morgan fingerprint density at radius 1 is 1.06 bits per heavy atom. The zero-order chi connectivity index (χ0) is 12.3. The van der Waals surface area contributed by atoms with Gasteiger partial charge in [0.25, 0.3) is 0 Å². The molecule has 0 N–H and O–H groups in total. The highest BCUT2D eigenvalue weighted by molar-refractivity contribution is 9.08. The molecule has 0 spiro atoms. The Hall–Kier alpha value is -1.06. The maximum absolute atomic E-state index is 13.2. The number of benzene rings is 2. The van der Waals surface area contributed by atoms with Crippen molar-refractivity contribution < 1.29 is 9.13 Å². The summed E-state index contributed by atoms with van der Waals surface area (Å²) in [6.45, 7) is 0. The summed E-state index contributed by atoms with van der Waals surface area (Å²) in [5.41, 5.74) is 1.15. The highest BCUT2D eigenvalue weighted by Gasteiger charge is 2.03. The Morgan fingerprint density at radius 2 is 1.71 bits per heavy atom. The predicted molar refractivity (Wildman–Crippen MR) is 70.6 cm³/mol. The maximum Gasteiger partial charge on any atom is 0.145 e. The van der Waals surface area contributed by atoms with Crippen LogP contribution in [0, 0.1) is 5.82 Å². The van der Waals surface area contributed by atoms with E-state index in [-0.39, 0.29) is 5.02 Å². The van der Waals surface area contributed by atoms with Crippen LogP contribution >= 0.6 is 27.5 Å². The maximum atomic E-state index is 13.2. The third kappa shape index (κ3) is 3.20. The lowest BCUT2D eigenvalue weighted by atomic mass is 10.2. The average Bonchev–Trinajstić information content (AvgIpc) is 2.35. The molecule has 0 atom stereocenters. The van der Waals surface area contributed by atoms with Gasteiger partial charge in [0.2, 0.25) is 0 Å². The molecule has 0 aromatic heterocycles. The van der Waals surface area contributed by atoms with Gasteiger partial charge in [0.1, 0.15) is 17.3 Å². The Labute approximate surface area is 112 Å². The van der Waals surface area contributed by atoms with Crippen molar-refractivity contribution >= 4 is 27.5 Å². The van der Waals surface area contributed by atoms with Gasteiger partial charge in [0.05, 0.1) is 5.02 Å². The van der Waals surface area contributed by atoms with Gasteiger partial charge in [-0.3, -0.25) is 0 Å². The third-order valence-corrected chi connectivity index (χ3v) is 3.16. The SMILES string of the molecule is Fc1cc(Oc2ccc(CBr)cc2)ccc1Cl. The molecular formula is C13H9BrClFO. The lowest BCUT2D eigenvalue weighted by Gasteiger charge is -2.06. The smallest absolute Gasteiger partial charge is 0.145 e. The highest BCUT2D eigenvalue weighted by Crippen LogP contribution is 2.25. The fraction of sp³-hybridized carbons (Fsp3) is 0.0769. The third-order valence-electron chi connectivity index (χ3n) is 2.20. The summed E-state index contributed by atoms with van der Waals surface area (Å²) in [5.74, 6) is 0.608. The summed E-state index contributed by atoms with van der Waals surface area (Å²) < 4.78 is 18.7. The van der Waals surface area contributed by atoms with Gasteiger partial charge in [-0.15, -0.1) is 0 Å². The molecule has 0 aliphatic heterocycles. The van der Waals surface area contributed by atoms with Crippen LogP contribution in [-0.2, 0) is 5.33 Å². The van der Waals surface area contributed by atoms with Gasteiger partial charge in [-0.25, -0.2) is 4.39 Å². The number of hydrogen-bond acceptors (Lipinski definition) is 1. The molecule has 2 rings (SSSR count). The molecule has 0 saturated heterocycles. The topological polar surface area (TPSA) is 9.23 Å². The van der Waals surface area contributed by atoms with Gasteiger partial charge < -0.3 is 4.74 Å². The van der Waals surface area contributed by atoms with Crippen LogP contribution in [0.15, 0.2) is 42.5 Å². The van der Waals surface area contributed by atoms with Crippen molar-refractivity contribution in [1.29, 1.82) is 0 Å². The predicted octanol–water partition coefficient (Wildman–Crippen LogP) is 5.17. The van der Waals surface area contributed by atoms with Gasteiger partial charge >= 0.3 is 0 Å². The molecule has 17 heavy (non-hydrogen) atoms. The molecular weight excluding hydrogens is 306 g/mol. The fourth-order valence-corrected chi connectivity index (χ4v) is 1.81. The first-order valence-electron chi connectivity index (χ1n) is 4.97. The van der Waals surface area contributed by atoms with E-state index in [1.54, 1.807) is 6.07 Å². The molecule has 2 aromatic carbocycles. The summed E-state index contributed by atoms with van der Waals surface area (Å²) in [6, 6.07) is 11.9. The molecule has 0 saturated carbocycles. The normalized spacial score (nSPS) is 10.3. The van der Waals surface area contributed by atoms with Crippen LogP contribution in [0.2, 0.25) is 5.02 Å². The van der Waals surface area contributed by atoms with Crippen LogP contribution in [-0.4, -0.2) is 0 Å². The van der Waals surface area contributed by atoms with E-state index in [0.29, 0.717) is 11.5 Å². The zero-order valence-electron chi connectivity index (χ0n) is 8.79. The summed E-state index contributed by atoms with van der Waals surface area (Å²) in [4.78, 5) is 0. The quantitative estimate of drug-likeness (QED) is 0.710. The Kier molecular flexibility index (Phi) is 4.02. The van der Waals surface area contributed by atoms with E-state index in [2.05, 4.69) is 15.9 Å². The minimum atomic E-state index is -0.485. The second-order valence-electron chi connectivity index (χ2n) is 3.46. The zero-order valence-corrected chi connectivity index (χ0v) is 11.1. The molecule has 88 valence electrons. The molecule has 0 fully saturated rings. The number of hydrogen-bond donors (Lipinski definition) is 0. The van der Waals surface area contributed by atoms with E-state index in [4.69, 9.17) is 16.3 Å². The van der Waals surface area contributed by atoms with Crippen molar-refractivity contribution in [2.45, 2.75) is 5.33 Å². The molecule has 2 aromatic rings. The molecule has 1 nitrogen and oxygen atoms in total. The van der Waals surface area contributed by atoms with Gasteiger partial charge in [0.15, 0.2) is 0 Å². The summed E-state index contributed by atoms with van der Waals surface area (Å²) >= 11 is 8.95. The highest BCUT2D eigenvalue weighted by atomic mass is 79.9. The summed E-state index contributed by atoms with van der Waals surface area (Å²) in [5, 5.41) is 0.884. The standard InChI is InChI=1S/C13H9BrClFO/c14-8-9-1-3-10(4-2-9)17-11-5-6-12(15)13(16)7-11/h1-7H,8H2. The van der Waals surface area contributed by atoms with Crippen molar-refractivity contribution in [3.63, 3.8) is 0 Å². The molecule has 0 amide bonds. The lowest BCUT2D eigenvalue weighted by Crippen LogP contribution is -1.86. The minimum Gasteiger partial charge on any atom is -0.457 e. The van der Waals surface area contributed by atoms with Crippen molar-refractivity contribution in [3.8, 4) is 11.5 Å². The largest absolute Gasteiger partial charge is 0.457 e. The van der Waals surface area contributed by atoms with Crippen LogP contribution in [0.25, 0.3) is 0 Å². The van der Waals surface area contributed by atoms with Crippen molar-refractivity contribution in [2.24, 2.45) is 0 Å². The fourth-order valence-electron chi connectivity index (χ4n) is 1.32. The van der Waals surface area contributed by atoms with E-state index in [9.17, 15) is 4.39 Å². The number of rotatable bonds is 3. The Morgan fingerprint density at radius 3 is 2.29 bits per heavy atom. The summed E-state index contributed by atoms with van der Waals surface area (Å²) in [6.07, 6.45) is 0. The number of alkyl halides is 1. The monoisotopic (exact) mass is 314 g/mol. The molecule has 0 aliphatic carbocycles. The number of halogens is 3. The average molecular weight is 316 g/mol. The summed E-state index contributed by atoms with van der Waals surface area (Å²) in [7, 11) is 0. The molecule has 0 bridgehead atoms. The van der Waals surface area contributed by atoms with Gasteiger partial charge in [-0.2, -0.15) is 0 Å². The van der Waals surface area contributed by atoms with Crippen molar-refractivity contribution in [1.82, 2.24) is 0 Å². The van der Waals surface area contributed by atoms with Crippen LogP contribution in [0.4, 0.5) is 4.39 Å². The first-order valence-corrected chi connectivity index (χ1v) is 6.47. The van der Waals surface area contributed by atoms with Crippen molar-refractivity contribution in [2.75, 3.05) is 0 Å². The molecule has 4 heteroatoms. The molecule has 0 aliphatic rings. The van der Waals surface area contributed by atoms with Gasteiger partial charge in [-0.1, -0.05) is 39.7 Å². The molecule has 0 radical (unpaired) electrons. The molecule has 0 unspecified atom stereocenters. The van der Waals surface area contributed by atoms with Crippen LogP contribution in [0.5, 0.6) is 11.5 Å². The van der Waals surface area contributed by atoms with Crippen molar-refractivity contribution in [3.05, 3.63) is 58.9 Å². The first-order chi connectivity index (χ1) is 8.19. The van der Waals surface area contributed by atoms with E-state index in [1.165, 1.54) is 12.1 Å². The minimum absolute atomic E-state index is 0.0898. The lowest BCUT2D eigenvalue weighted by molar-refractivity contribution is 0.476. The van der Waals surface area contributed by atoms with E-state index < -0.39 is 5.82 Å². The van der Waals surface area contributed by atoms with Crippen LogP contribution in [0.1, 0.15) is 5.56 Å². The second-order valence-corrected chi connectivity index (χ2v) is 4.42. The Bertz CT molecular complexity index is 513. The number of ether oxygens (including phenoxy) is 1. The van der Waals surface area contributed by atoms with E-state index in [0.717, 1.165) is 10.9 Å². The van der Waals surface area contributed by atoms with Gasteiger partial charge in [0, 0.05) is 11.4 Å².